The van der Waals surface area contributed by atoms with Crippen molar-refractivity contribution in [2.24, 2.45) is 0 Å². The predicted octanol–water partition coefficient (Wildman–Crippen LogP) is 3.37. The summed E-state index contributed by atoms with van der Waals surface area (Å²) in [7, 11) is 0. The number of hydrogen-bond acceptors (Lipinski definition) is 5. The summed E-state index contributed by atoms with van der Waals surface area (Å²) >= 11 is 0. The average Bonchev–Trinajstić information content (AvgIpc) is 3.02. The quantitative estimate of drug-likeness (QED) is 0.779. The van der Waals surface area contributed by atoms with Gasteiger partial charge in [-0.3, -0.25) is 4.79 Å². The largest absolute Gasteiger partial charge is 0.483 e. The lowest BCUT2D eigenvalue weighted by Crippen LogP contribution is -2.20. The first-order valence-corrected chi connectivity index (χ1v) is 7.51. The summed E-state index contributed by atoms with van der Waals surface area (Å²) in [4.78, 5) is 16.3. The van der Waals surface area contributed by atoms with Crippen LogP contribution in [0.15, 0.2) is 53.1 Å². The van der Waals surface area contributed by atoms with Crippen LogP contribution in [0.2, 0.25) is 0 Å². The third kappa shape index (κ3) is 3.60. The van der Waals surface area contributed by atoms with Crippen LogP contribution in [0, 0.1) is 13.8 Å². The standard InChI is InChI=1S/C18H17N3O3/c1-12-7-3-5-9-15(12)20-17(22)11-23-16-10-6-4-8-14(16)18-19-13(2)24-21-18/h3-10H,11H2,1-2H3,(H,20,22). The molecule has 1 heterocycles. The van der Waals surface area contributed by atoms with Crippen LogP contribution in [-0.2, 0) is 4.79 Å². The summed E-state index contributed by atoms with van der Waals surface area (Å²) in [6.45, 7) is 3.54. The number of ether oxygens (including phenoxy) is 1. The molecule has 6 nitrogen and oxygen atoms in total. The fraction of sp³-hybridized carbons (Fsp3) is 0.167. The van der Waals surface area contributed by atoms with Crippen molar-refractivity contribution < 1.29 is 14.1 Å². The van der Waals surface area contributed by atoms with E-state index in [0.717, 1.165) is 11.3 Å². The highest BCUT2D eigenvalue weighted by molar-refractivity contribution is 5.92. The van der Waals surface area contributed by atoms with E-state index in [-0.39, 0.29) is 12.5 Å². The van der Waals surface area contributed by atoms with Crippen LogP contribution in [0.4, 0.5) is 5.69 Å². The topological polar surface area (TPSA) is 77.2 Å². The average molecular weight is 323 g/mol. The number of hydrogen-bond donors (Lipinski definition) is 1. The molecule has 0 saturated heterocycles. The van der Waals surface area contributed by atoms with Crippen molar-refractivity contribution in [2.75, 3.05) is 11.9 Å². The number of nitrogens with zero attached hydrogens (tertiary/aromatic N) is 2. The number of benzene rings is 2. The maximum absolute atomic E-state index is 12.1. The van der Waals surface area contributed by atoms with E-state index in [1.54, 1.807) is 13.0 Å². The second kappa shape index (κ2) is 6.95. The van der Waals surface area contributed by atoms with Gasteiger partial charge in [-0.15, -0.1) is 0 Å². The van der Waals surface area contributed by atoms with E-state index in [0.29, 0.717) is 23.0 Å². The van der Waals surface area contributed by atoms with Gasteiger partial charge in [0.2, 0.25) is 11.7 Å². The molecule has 24 heavy (non-hydrogen) atoms. The van der Waals surface area contributed by atoms with Gasteiger partial charge in [0.25, 0.3) is 5.91 Å². The molecule has 0 unspecified atom stereocenters. The van der Waals surface area contributed by atoms with Crippen molar-refractivity contribution >= 4 is 11.6 Å². The molecule has 3 aromatic rings. The normalized spacial score (nSPS) is 10.4. The van der Waals surface area contributed by atoms with E-state index in [9.17, 15) is 4.79 Å². The van der Waals surface area contributed by atoms with E-state index in [1.807, 2.05) is 49.4 Å². The summed E-state index contributed by atoms with van der Waals surface area (Å²) in [5.74, 6) is 1.20. The molecular weight excluding hydrogens is 306 g/mol. The lowest BCUT2D eigenvalue weighted by molar-refractivity contribution is -0.118. The van der Waals surface area contributed by atoms with Gasteiger partial charge in [0.1, 0.15) is 5.75 Å². The van der Waals surface area contributed by atoms with Crippen LogP contribution in [0.1, 0.15) is 11.5 Å². The Morgan fingerprint density at radius 1 is 1.12 bits per heavy atom. The van der Waals surface area contributed by atoms with Crippen molar-refractivity contribution in [3.8, 4) is 17.1 Å². The number of carbonyl (C=O) groups excluding carboxylic acids is 1. The first-order valence-electron chi connectivity index (χ1n) is 7.51. The molecule has 6 heteroatoms. The summed E-state index contributed by atoms with van der Waals surface area (Å²) in [5, 5.41) is 6.72. The van der Waals surface area contributed by atoms with Gasteiger partial charge in [-0.05, 0) is 30.7 Å². The zero-order valence-corrected chi connectivity index (χ0v) is 13.4. The molecule has 0 aliphatic carbocycles. The Labute approximate surface area is 139 Å². The minimum absolute atomic E-state index is 0.109. The fourth-order valence-electron chi connectivity index (χ4n) is 2.23. The Hall–Kier alpha value is -3.15. The maximum atomic E-state index is 12.1. The minimum Gasteiger partial charge on any atom is -0.483 e. The minimum atomic E-state index is -0.233. The Morgan fingerprint density at radius 2 is 1.88 bits per heavy atom. The predicted molar refractivity (Wildman–Crippen MR) is 89.8 cm³/mol. The van der Waals surface area contributed by atoms with Crippen LogP contribution in [0.3, 0.4) is 0 Å². The van der Waals surface area contributed by atoms with Crippen LogP contribution < -0.4 is 10.1 Å². The number of anilines is 1. The van der Waals surface area contributed by atoms with Gasteiger partial charge in [-0.2, -0.15) is 4.98 Å². The molecular formula is C18H17N3O3. The number of carbonyl (C=O) groups is 1. The molecule has 1 amide bonds. The molecule has 1 N–H and O–H groups in total. The number of aryl methyl sites for hydroxylation is 2. The number of para-hydroxylation sites is 2. The molecule has 0 bridgehead atoms. The van der Waals surface area contributed by atoms with Gasteiger partial charge < -0.3 is 14.6 Å². The van der Waals surface area contributed by atoms with Crippen LogP contribution in [0.5, 0.6) is 5.75 Å². The molecule has 0 aliphatic rings. The molecule has 2 aromatic carbocycles. The number of amides is 1. The second-order valence-electron chi connectivity index (χ2n) is 5.28. The maximum Gasteiger partial charge on any atom is 0.262 e. The molecule has 0 aliphatic heterocycles. The Morgan fingerprint density at radius 3 is 2.62 bits per heavy atom. The Balaban J connectivity index is 1.69. The highest BCUT2D eigenvalue weighted by atomic mass is 16.5. The summed E-state index contributed by atoms with van der Waals surface area (Å²) in [5.41, 5.74) is 2.44. The molecule has 1 aromatic heterocycles. The Kier molecular flexibility index (Phi) is 4.56. The van der Waals surface area contributed by atoms with Gasteiger partial charge in [-0.25, -0.2) is 0 Å². The fourth-order valence-corrected chi connectivity index (χ4v) is 2.23. The van der Waals surface area contributed by atoms with Gasteiger partial charge in [0, 0.05) is 12.6 Å². The zero-order valence-electron chi connectivity index (χ0n) is 13.4. The van der Waals surface area contributed by atoms with Crippen molar-refractivity contribution in [3.05, 3.63) is 60.0 Å². The van der Waals surface area contributed by atoms with Crippen molar-refractivity contribution in [1.29, 1.82) is 0 Å². The van der Waals surface area contributed by atoms with E-state index in [4.69, 9.17) is 9.26 Å². The molecule has 122 valence electrons. The van der Waals surface area contributed by atoms with Gasteiger partial charge in [0.05, 0.1) is 5.56 Å². The van der Waals surface area contributed by atoms with E-state index in [1.165, 1.54) is 0 Å². The monoisotopic (exact) mass is 323 g/mol. The second-order valence-corrected chi connectivity index (χ2v) is 5.28. The number of rotatable bonds is 5. The molecule has 3 rings (SSSR count). The zero-order chi connectivity index (χ0) is 16.9. The number of aromatic nitrogens is 2. The molecule has 0 radical (unpaired) electrons. The number of nitrogens with one attached hydrogen (secondary N) is 1. The first-order chi connectivity index (χ1) is 11.6. The van der Waals surface area contributed by atoms with Crippen LogP contribution in [-0.4, -0.2) is 22.7 Å². The van der Waals surface area contributed by atoms with Crippen molar-refractivity contribution in [1.82, 2.24) is 10.1 Å². The lowest BCUT2D eigenvalue weighted by atomic mass is 10.2. The Bertz CT molecular complexity index is 858. The van der Waals surface area contributed by atoms with Gasteiger partial charge in [0.15, 0.2) is 6.61 Å². The highest BCUT2D eigenvalue weighted by Crippen LogP contribution is 2.27. The van der Waals surface area contributed by atoms with E-state index >= 15 is 0 Å². The van der Waals surface area contributed by atoms with E-state index in [2.05, 4.69) is 15.5 Å². The first kappa shape index (κ1) is 15.7. The molecule has 0 fully saturated rings. The lowest BCUT2D eigenvalue weighted by Gasteiger charge is -2.11. The SMILES string of the molecule is Cc1nc(-c2ccccc2OCC(=O)Nc2ccccc2C)no1. The van der Waals surface area contributed by atoms with Crippen LogP contribution >= 0.6 is 0 Å². The summed E-state index contributed by atoms with van der Waals surface area (Å²) < 4.78 is 10.6. The third-order valence-electron chi connectivity index (χ3n) is 3.43. The van der Waals surface area contributed by atoms with E-state index < -0.39 is 0 Å². The summed E-state index contributed by atoms with van der Waals surface area (Å²) in [6, 6.07) is 14.8. The summed E-state index contributed by atoms with van der Waals surface area (Å²) in [6.07, 6.45) is 0. The molecule has 0 atom stereocenters. The molecule has 0 spiro atoms. The van der Waals surface area contributed by atoms with Crippen molar-refractivity contribution in [3.63, 3.8) is 0 Å². The smallest absolute Gasteiger partial charge is 0.262 e. The van der Waals surface area contributed by atoms with Crippen LogP contribution in [0.25, 0.3) is 11.4 Å². The third-order valence-corrected chi connectivity index (χ3v) is 3.43. The highest BCUT2D eigenvalue weighted by Gasteiger charge is 2.13. The van der Waals surface area contributed by atoms with Gasteiger partial charge in [-0.1, -0.05) is 35.5 Å². The van der Waals surface area contributed by atoms with Crippen molar-refractivity contribution in [2.45, 2.75) is 13.8 Å². The van der Waals surface area contributed by atoms with Gasteiger partial charge >= 0.3 is 0 Å². The molecule has 0 saturated carbocycles.